The highest BCUT2D eigenvalue weighted by molar-refractivity contribution is 5.96. The molecule has 1 amide bonds. The highest BCUT2D eigenvalue weighted by atomic mass is 19.1. The second kappa shape index (κ2) is 11.3. The van der Waals surface area contributed by atoms with Crippen molar-refractivity contribution in [1.29, 1.82) is 0 Å². The Morgan fingerprint density at radius 2 is 1.78 bits per heavy atom. The molecule has 2 bridgehead atoms. The predicted octanol–water partition coefficient (Wildman–Crippen LogP) is 5.22. The van der Waals surface area contributed by atoms with E-state index >= 15 is 4.39 Å². The van der Waals surface area contributed by atoms with Crippen molar-refractivity contribution < 1.29 is 19.0 Å². The van der Waals surface area contributed by atoms with Crippen molar-refractivity contribution in [2.75, 3.05) is 18.3 Å². The average Bonchev–Trinajstić information content (AvgIpc) is 2.86. The summed E-state index contributed by atoms with van der Waals surface area (Å²) in [5.74, 6) is -1.40. The number of carbonyl (C=O) groups excluding carboxylic acids is 1. The van der Waals surface area contributed by atoms with Crippen LogP contribution in [0.5, 0.6) is 11.5 Å². The molecule has 2 aromatic carbocycles. The summed E-state index contributed by atoms with van der Waals surface area (Å²) in [7, 11) is 0. The Morgan fingerprint density at radius 1 is 1.03 bits per heavy atom. The van der Waals surface area contributed by atoms with Gasteiger partial charge in [0.15, 0.2) is 23.0 Å². The summed E-state index contributed by atoms with van der Waals surface area (Å²) >= 11 is 0. The lowest BCUT2D eigenvalue weighted by atomic mass is 9.96. The summed E-state index contributed by atoms with van der Waals surface area (Å²) in [6, 6.07) is 14.8. The average molecular weight is 508 g/mol. The van der Waals surface area contributed by atoms with E-state index in [1.165, 1.54) is 23.0 Å². The smallest absolute Gasteiger partial charge is 0.278 e. The van der Waals surface area contributed by atoms with Crippen LogP contribution in [-0.2, 0) is 0 Å². The third kappa shape index (κ3) is 4.83. The first-order chi connectivity index (χ1) is 17.0. The van der Waals surface area contributed by atoms with E-state index in [9.17, 15) is 14.7 Å². The molecule has 5 rings (SSSR count). The van der Waals surface area contributed by atoms with Crippen molar-refractivity contribution in [1.82, 2.24) is 9.58 Å². The number of amides is 1. The Kier molecular flexibility index (Phi) is 8.42. The van der Waals surface area contributed by atoms with Crippen LogP contribution in [0.2, 0.25) is 0 Å². The van der Waals surface area contributed by atoms with Gasteiger partial charge in [-0.15, -0.1) is 0 Å². The molecule has 0 saturated heterocycles. The molecule has 8 heteroatoms. The Morgan fingerprint density at radius 3 is 2.51 bits per heavy atom. The molecular formula is C29H34FN3O4. The van der Waals surface area contributed by atoms with Crippen molar-refractivity contribution in [2.24, 2.45) is 0 Å². The number of pyridine rings is 1. The predicted molar refractivity (Wildman–Crippen MR) is 143 cm³/mol. The first-order valence-corrected chi connectivity index (χ1v) is 11.6. The van der Waals surface area contributed by atoms with Crippen LogP contribution in [0.15, 0.2) is 77.7 Å². The van der Waals surface area contributed by atoms with Gasteiger partial charge in [-0.05, 0) is 24.5 Å². The van der Waals surface area contributed by atoms with E-state index in [1.54, 1.807) is 17.0 Å². The Labute approximate surface area is 217 Å². The zero-order valence-electron chi connectivity index (χ0n) is 19.3. The van der Waals surface area contributed by atoms with Gasteiger partial charge in [0.25, 0.3) is 5.91 Å². The van der Waals surface area contributed by atoms with E-state index in [0.29, 0.717) is 18.4 Å². The molecule has 0 saturated carbocycles. The number of nitrogens with zero attached hydrogens (tertiary/aromatic N) is 3. The van der Waals surface area contributed by atoms with Gasteiger partial charge in [-0.2, -0.15) is 0 Å². The first kappa shape index (κ1) is 27.5. The zero-order valence-corrected chi connectivity index (χ0v) is 19.3. The van der Waals surface area contributed by atoms with Crippen LogP contribution < -0.4 is 15.2 Å². The number of aromatic hydroxyl groups is 1. The van der Waals surface area contributed by atoms with Crippen molar-refractivity contribution in [2.45, 2.75) is 46.7 Å². The van der Waals surface area contributed by atoms with Gasteiger partial charge in [0.2, 0.25) is 5.43 Å². The van der Waals surface area contributed by atoms with Crippen molar-refractivity contribution in [3.8, 4) is 11.5 Å². The highest BCUT2D eigenvalue weighted by Gasteiger charge is 2.39. The van der Waals surface area contributed by atoms with Gasteiger partial charge in [0, 0.05) is 23.9 Å². The van der Waals surface area contributed by atoms with Crippen LogP contribution in [0.4, 0.5) is 4.39 Å². The van der Waals surface area contributed by atoms with Crippen molar-refractivity contribution in [3.63, 3.8) is 0 Å². The zero-order chi connectivity index (χ0) is 24.5. The molecule has 0 radical (unpaired) electrons. The quantitative estimate of drug-likeness (QED) is 0.481. The summed E-state index contributed by atoms with van der Waals surface area (Å²) in [4.78, 5) is 27.6. The molecular weight excluding hydrogens is 473 g/mol. The fourth-order valence-electron chi connectivity index (χ4n) is 4.85. The number of halogens is 1. The van der Waals surface area contributed by atoms with E-state index in [0.717, 1.165) is 5.56 Å². The second-order valence-corrected chi connectivity index (χ2v) is 8.63. The van der Waals surface area contributed by atoms with E-state index in [1.807, 2.05) is 54.4 Å². The fraction of sp³-hybridized carbons (Fsp3) is 0.310. The Balaban J connectivity index is 0.00000190. The Hall–Kier alpha value is -4.07. The maximum Gasteiger partial charge on any atom is 0.278 e. The van der Waals surface area contributed by atoms with Gasteiger partial charge < -0.3 is 14.7 Å². The minimum Gasteiger partial charge on any atom is -0.502 e. The molecule has 2 aliphatic rings. The van der Waals surface area contributed by atoms with Gasteiger partial charge in [-0.25, -0.2) is 4.39 Å². The number of hydrogen-bond donors (Lipinski definition) is 1. The summed E-state index contributed by atoms with van der Waals surface area (Å²) in [6.07, 6.45) is 6.44. The maximum atomic E-state index is 15.1. The van der Waals surface area contributed by atoms with Gasteiger partial charge in [0.1, 0.15) is 19.3 Å². The summed E-state index contributed by atoms with van der Waals surface area (Å²) in [5.41, 5.74) is 0.660. The molecule has 0 fully saturated rings. The third-order valence-corrected chi connectivity index (χ3v) is 6.61. The number of carbonyl (C=O) groups is 1. The molecule has 3 heterocycles. The van der Waals surface area contributed by atoms with Gasteiger partial charge in [-0.1, -0.05) is 76.4 Å². The normalized spacial score (nSPS) is 19.6. The van der Waals surface area contributed by atoms with Crippen LogP contribution >= 0.6 is 0 Å². The molecule has 7 nitrogen and oxygen atoms in total. The minimum absolute atomic E-state index is 0. The molecule has 0 spiro atoms. The lowest BCUT2D eigenvalue weighted by Crippen LogP contribution is -2.58. The Bertz CT molecular complexity index is 1340. The summed E-state index contributed by atoms with van der Waals surface area (Å²) in [6.45, 7) is 2.34. The molecule has 0 aliphatic carbocycles. The SMILES string of the molecule is C.C.CC[C@H]1C/C=C/COc2c(F)cccc2[C@H](c2ccccc2)N2CN1C(=O)c1c(O)c(=O)ccn12. The number of para-hydroxylation sites is 1. The van der Waals surface area contributed by atoms with E-state index in [4.69, 9.17) is 4.74 Å². The number of rotatable bonds is 2. The van der Waals surface area contributed by atoms with Crippen LogP contribution in [0.25, 0.3) is 0 Å². The molecule has 3 aromatic rings. The van der Waals surface area contributed by atoms with E-state index in [-0.39, 0.29) is 45.6 Å². The number of fused-ring (bicyclic) bond motifs is 5. The molecule has 37 heavy (non-hydrogen) atoms. The molecule has 2 aliphatic heterocycles. The number of hydrogen-bond acceptors (Lipinski definition) is 5. The summed E-state index contributed by atoms with van der Waals surface area (Å²) in [5, 5.41) is 12.6. The standard InChI is InChI=1S/C27H26FN3O4.2CH4/c1-2-19-11-6-7-16-35-26-20(12-8-13-21(26)28)23(18-9-4-3-5-10-18)31-17-29(19)27(34)24-25(33)22(32)14-15-30(24)31;;/h3-10,12-15,19,23,33H,2,11,16-17H2,1H3;2*1H4/b7-6+;;/t19-,23-;;/m0../s1. The third-order valence-electron chi connectivity index (χ3n) is 6.61. The van der Waals surface area contributed by atoms with Crippen LogP contribution in [0, 0.1) is 5.82 Å². The summed E-state index contributed by atoms with van der Waals surface area (Å²) < 4.78 is 22.5. The van der Waals surface area contributed by atoms with Crippen LogP contribution in [-0.4, -0.2) is 39.9 Å². The molecule has 196 valence electrons. The molecule has 0 unspecified atom stereocenters. The van der Waals surface area contributed by atoms with Crippen LogP contribution in [0.1, 0.15) is 62.3 Å². The maximum absolute atomic E-state index is 15.1. The van der Waals surface area contributed by atoms with Gasteiger partial charge >= 0.3 is 0 Å². The number of aromatic nitrogens is 1. The largest absolute Gasteiger partial charge is 0.502 e. The van der Waals surface area contributed by atoms with Crippen molar-refractivity contribution in [3.05, 3.63) is 106 Å². The lowest BCUT2D eigenvalue weighted by molar-refractivity contribution is 0.0584. The molecule has 2 atom stereocenters. The molecule has 1 aromatic heterocycles. The minimum atomic E-state index is -0.633. The number of benzene rings is 2. The van der Waals surface area contributed by atoms with Gasteiger partial charge in [-0.3, -0.25) is 19.3 Å². The van der Waals surface area contributed by atoms with Crippen LogP contribution in [0.3, 0.4) is 0 Å². The first-order valence-electron chi connectivity index (χ1n) is 11.6. The fourth-order valence-corrected chi connectivity index (χ4v) is 4.85. The van der Waals surface area contributed by atoms with Crippen molar-refractivity contribution >= 4 is 5.91 Å². The topological polar surface area (TPSA) is 75.0 Å². The highest BCUT2D eigenvalue weighted by Crippen LogP contribution is 2.38. The van der Waals surface area contributed by atoms with E-state index in [2.05, 4.69) is 0 Å². The van der Waals surface area contributed by atoms with E-state index < -0.39 is 28.9 Å². The lowest BCUT2D eigenvalue weighted by Gasteiger charge is -2.46. The van der Waals surface area contributed by atoms with Gasteiger partial charge in [0.05, 0.1) is 0 Å². The monoisotopic (exact) mass is 507 g/mol. The second-order valence-electron chi connectivity index (χ2n) is 8.63. The molecule has 1 N–H and O–H groups in total. The number of ether oxygens (including phenoxy) is 1.